The minimum Gasteiger partial charge on any atom is -0.497 e. The van der Waals surface area contributed by atoms with Gasteiger partial charge in [-0.15, -0.1) is 11.3 Å². The summed E-state index contributed by atoms with van der Waals surface area (Å²) in [7, 11) is 1.67. The molecule has 2 fully saturated rings. The lowest BCUT2D eigenvalue weighted by Gasteiger charge is -2.34. The smallest absolute Gasteiger partial charge is 0.253 e. The first-order chi connectivity index (χ1) is 15.2. The third-order valence-corrected chi connectivity index (χ3v) is 7.38. The van der Waals surface area contributed by atoms with Crippen LogP contribution < -0.4 is 10.1 Å². The van der Waals surface area contributed by atoms with Gasteiger partial charge < -0.3 is 19.4 Å². The molecule has 31 heavy (non-hydrogen) atoms. The molecule has 1 unspecified atom stereocenters. The average molecular weight is 440 g/mol. The fraction of sp³-hybridized carbons (Fsp3) is 0.458. The van der Waals surface area contributed by atoms with Crippen LogP contribution >= 0.6 is 11.3 Å². The topological polar surface area (TPSA) is 55.7 Å². The number of hydrogen-bond acceptors (Lipinski definition) is 5. The highest BCUT2D eigenvalue weighted by molar-refractivity contribution is 7.10. The van der Waals surface area contributed by atoms with Gasteiger partial charge in [0.15, 0.2) is 0 Å². The van der Waals surface area contributed by atoms with Crippen molar-refractivity contribution in [1.29, 1.82) is 0 Å². The number of carbonyl (C=O) groups excluding carboxylic acids is 1. The van der Waals surface area contributed by atoms with Crippen LogP contribution in [0.3, 0.4) is 0 Å². The van der Waals surface area contributed by atoms with Gasteiger partial charge in [-0.3, -0.25) is 9.69 Å². The SMILES string of the molecule is COc1ccc2c(c1)c(C(=O)NCC(c1cccs1)N1CCOCC1)c(C)n2C1CC1. The number of rotatable bonds is 7. The third kappa shape index (κ3) is 3.97. The van der Waals surface area contributed by atoms with Crippen molar-refractivity contribution >= 4 is 28.1 Å². The first-order valence-corrected chi connectivity index (χ1v) is 11.9. The molecule has 1 amide bonds. The highest BCUT2D eigenvalue weighted by atomic mass is 32.1. The number of carbonyl (C=O) groups is 1. The van der Waals surface area contributed by atoms with Crippen LogP contribution in [0.1, 0.15) is 45.9 Å². The normalized spacial score (nSPS) is 18.3. The number of aromatic nitrogens is 1. The van der Waals surface area contributed by atoms with Crippen molar-refractivity contribution in [2.45, 2.75) is 31.8 Å². The van der Waals surface area contributed by atoms with Crippen molar-refractivity contribution in [3.8, 4) is 5.75 Å². The van der Waals surface area contributed by atoms with Gasteiger partial charge in [-0.1, -0.05) is 6.07 Å². The molecular weight excluding hydrogens is 410 g/mol. The number of amides is 1. The summed E-state index contributed by atoms with van der Waals surface area (Å²) in [5, 5.41) is 6.33. The molecular formula is C24H29N3O3S. The maximum Gasteiger partial charge on any atom is 0.253 e. The summed E-state index contributed by atoms with van der Waals surface area (Å²) in [6, 6.07) is 11.0. The Morgan fingerprint density at radius 2 is 2.10 bits per heavy atom. The van der Waals surface area contributed by atoms with E-state index in [2.05, 4.69) is 45.3 Å². The van der Waals surface area contributed by atoms with Crippen LogP contribution in [0.15, 0.2) is 35.7 Å². The van der Waals surface area contributed by atoms with Crippen LogP contribution in [0.2, 0.25) is 0 Å². The second-order valence-corrected chi connectivity index (χ2v) is 9.31. The number of morpholine rings is 1. The van der Waals surface area contributed by atoms with E-state index in [1.54, 1.807) is 18.4 Å². The molecule has 5 rings (SSSR count). The van der Waals surface area contributed by atoms with E-state index >= 15 is 0 Å². The molecule has 0 radical (unpaired) electrons. The minimum absolute atomic E-state index is 0.00929. The molecule has 1 aliphatic carbocycles. The van der Waals surface area contributed by atoms with Crippen molar-refractivity contribution in [2.24, 2.45) is 0 Å². The first kappa shape index (κ1) is 20.5. The van der Waals surface area contributed by atoms with E-state index in [4.69, 9.17) is 9.47 Å². The highest BCUT2D eigenvalue weighted by Gasteiger charge is 2.31. The molecule has 1 N–H and O–H groups in total. The van der Waals surface area contributed by atoms with E-state index in [-0.39, 0.29) is 11.9 Å². The second-order valence-electron chi connectivity index (χ2n) is 8.33. The van der Waals surface area contributed by atoms with Crippen LogP contribution in [-0.4, -0.2) is 55.3 Å². The van der Waals surface area contributed by atoms with E-state index in [1.165, 1.54) is 17.7 Å². The van der Waals surface area contributed by atoms with Crippen molar-refractivity contribution in [3.63, 3.8) is 0 Å². The molecule has 3 heterocycles. The van der Waals surface area contributed by atoms with Crippen LogP contribution in [-0.2, 0) is 4.74 Å². The lowest BCUT2D eigenvalue weighted by molar-refractivity contribution is 0.0169. The molecule has 0 spiro atoms. The fourth-order valence-corrected chi connectivity index (χ4v) is 5.56. The zero-order valence-electron chi connectivity index (χ0n) is 18.1. The van der Waals surface area contributed by atoms with Gasteiger partial charge in [0.05, 0.1) is 31.9 Å². The van der Waals surface area contributed by atoms with Crippen molar-refractivity contribution < 1.29 is 14.3 Å². The molecule has 1 aliphatic heterocycles. The summed E-state index contributed by atoms with van der Waals surface area (Å²) in [5.74, 6) is 0.768. The summed E-state index contributed by atoms with van der Waals surface area (Å²) < 4.78 is 13.3. The van der Waals surface area contributed by atoms with Crippen molar-refractivity contribution in [2.75, 3.05) is 40.0 Å². The molecule has 1 saturated heterocycles. The summed E-state index contributed by atoms with van der Waals surface area (Å²) in [5.41, 5.74) is 2.93. The Balaban J connectivity index is 1.43. The summed E-state index contributed by atoms with van der Waals surface area (Å²) in [6.07, 6.45) is 2.35. The number of nitrogens with one attached hydrogen (secondary N) is 1. The molecule has 1 aromatic carbocycles. The maximum absolute atomic E-state index is 13.5. The number of thiophene rings is 1. The van der Waals surface area contributed by atoms with Crippen LogP contribution in [0, 0.1) is 6.92 Å². The predicted octanol–water partition coefficient (Wildman–Crippen LogP) is 4.16. The monoisotopic (exact) mass is 439 g/mol. The first-order valence-electron chi connectivity index (χ1n) is 11.0. The van der Waals surface area contributed by atoms with E-state index in [9.17, 15) is 4.79 Å². The Morgan fingerprint density at radius 3 is 2.77 bits per heavy atom. The number of ether oxygens (including phenoxy) is 2. The van der Waals surface area contributed by atoms with Gasteiger partial charge in [0.1, 0.15) is 5.75 Å². The van der Waals surface area contributed by atoms with Gasteiger partial charge in [-0.2, -0.15) is 0 Å². The van der Waals surface area contributed by atoms with Gasteiger partial charge in [0.25, 0.3) is 5.91 Å². The van der Waals surface area contributed by atoms with E-state index in [0.29, 0.717) is 12.6 Å². The van der Waals surface area contributed by atoms with Crippen LogP contribution in [0.4, 0.5) is 0 Å². The average Bonchev–Trinajstić information content (AvgIpc) is 3.39. The number of hydrogen-bond donors (Lipinski definition) is 1. The molecule has 164 valence electrons. The lowest BCUT2D eigenvalue weighted by Crippen LogP contribution is -2.43. The zero-order valence-corrected chi connectivity index (χ0v) is 18.9. The largest absolute Gasteiger partial charge is 0.497 e. The van der Waals surface area contributed by atoms with Crippen LogP contribution in [0.5, 0.6) is 5.75 Å². The van der Waals surface area contributed by atoms with Gasteiger partial charge in [0, 0.05) is 47.2 Å². The standard InChI is InChI=1S/C24H29N3O3S/c1-16-23(19-14-18(29-2)7-8-20(19)27(16)17-5-6-17)24(28)25-15-21(22-4-3-13-31-22)26-9-11-30-12-10-26/h3-4,7-8,13-14,17,21H,5-6,9-12,15H2,1-2H3,(H,25,28). The summed E-state index contributed by atoms with van der Waals surface area (Å²) in [4.78, 5) is 17.2. The number of benzene rings is 1. The van der Waals surface area contributed by atoms with E-state index in [0.717, 1.165) is 54.2 Å². The van der Waals surface area contributed by atoms with E-state index < -0.39 is 0 Å². The maximum atomic E-state index is 13.5. The number of methoxy groups -OCH3 is 1. The van der Waals surface area contributed by atoms with Crippen LogP contribution in [0.25, 0.3) is 10.9 Å². The Labute approximate surface area is 186 Å². The fourth-order valence-electron chi connectivity index (χ4n) is 4.70. The summed E-state index contributed by atoms with van der Waals surface area (Å²) in [6.45, 7) is 5.90. The lowest BCUT2D eigenvalue weighted by atomic mass is 10.1. The molecule has 1 atom stereocenters. The molecule has 0 bridgehead atoms. The molecule has 6 nitrogen and oxygen atoms in total. The van der Waals surface area contributed by atoms with E-state index in [1.807, 2.05) is 12.1 Å². The van der Waals surface area contributed by atoms with Gasteiger partial charge in [-0.05, 0) is 49.4 Å². The number of nitrogens with zero attached hydrogens (tertiary/aromatic N) is 2. The number of fused-ring (bicyclic) bond motifs is 1. The quantitative estimate of drug-likeness (QED) is 0.601. The Bertz CT molecular complexity index is 1070. The second kappa shape index (κ2) is 8.65. The zero-order chi connectivity index (χ0) is 21.4. The molecule has 2 aliphatic rings. The molecule has 2 aromatic heterocycles. The molecule has 7 heteroatoms. The van der Waals surface area contributed by atoms with Gasteiger partial charge >= 0.3 is 0 Å². The van der Waals surface area contributed by atoms with Gasteiger partial charge in [0.2, 0.25) is 0 Å². The Morgan fingerprint density at radius 1 is 1.29 bits per heavy atom. The summed E-state index contributed by atoms with van der Waals surface area (Å²) >= 11 is 1.74. The molecule has 3 aromatic rings. The van der Waals surface area contributed by atoms with Gasteiger partial charge in [-0.25, -0.2) is 0 Å². The third-order valence-electron chi connectivity index (χ3n) is 6.41. The molecule has 1 saturated carbocycles. The Hall–Kier alpha value is -2.35. The van der Waals surface area contributed by atoms with Crippen molar-refractivity contribution in [3.05, 3.63) is 51.8 Å². The Kier molecular flexibility index (Phi) is 5.73. The minimum atomic E-state index is -0.00929. The van der Waals surface area contributed by atoms with Crippen molar-refractivity contribution in [1.82, 2.24) is 14.8 Å². The highest BCUT2D eigenvalue weighted by Crippen LogP contribution is 2.42. The predicted molar refractivity (Wildman–Crippen MR) is 123 cm³/mol.